The Morgan fingerprint density at radius 2 is 2.00 bits per heavy atom. The summed E-state index contributed by atoms with van der Waals surface area (Å²) in [5.41, 5.74) is 8.56. The number of benzene rings is 1. The van der Waals surface area contributed by atoms with Crippen LogP contribution < -0.4 is 15.2 Å². The zero-order valence-corrected chi connectivity index (χ0v) is 15.9. The zero-order valence-electron chi connectivity index (χ0n) is 14.3. The Kier molecular flexibility index (Phi) is 5.19. The molecule has 23 heavy (non-hydrogen) atoms. The minimum Gasteiger partial charge on any atom is -0.489 e. The van der Waals surface area contributed by atoms with Crippen LogP contribution in [0.2, 0.25) is 0 Å². The third-order valence-electron chi connectivity index (χ3n) is 4.95. The summed E-state index contributed by atoms with van der Waals surface area (Å²) in [5, 5.41) is 0. The van der Waals surface area contributed by atoms with Crippen LogP contribution >= 0.6 is 15.9 Å². The molecular weight excluding hydrogens is 356 g/mol. The highest BCUT2D eigenvalue weighted by molar-refractivity contribution is 9.10. The molecule has 128 valence electrons. The van der Waals surface area contributed by atoms with Crippen molar-refractivity contribution in [3.05, 3.63) is 21.7 Å². The summed E-state index contributed by atoms with van der Waals surface area (Å²) >= 11 is 3.70. The molecule has 2 heterocycles. The van der Waals surface area contributed by atoms with Gasteiger partial charge in [0.05, 0.1) is 17.7 Å². The molecule has 0 amide bonds. The summed E-state index contributed by atoms with van der Waals surface area (Å²) in [4.78, 5) is 2.43. The molecule has 4 nitrogen and oxygen atoms in total. The number of hydrogen-bond donors (Lipinski definition) is 1. The van der Waals surface area contributed by atoms with Gasteiger partial charge >= 0.3 is 0 Å². The van der Waals surface area contributed by atoms with Crippen LogP contribution in [0, 0.1) is 5.92 Å². The van der Waals surface area contributed by atoms with Crippen molar-refractivity contribution in [1.82, 2.24) is 4.90 Å². The van der Waals surface area contributed by atoms with E-state index in [9.17, 15) is 0 Å². The second kappa shape index (κ2) is 6.99. The van der Waals surface area contributed by atoms with E-state index in [0.29, 0.717) is 31.1 Å². The minimum absolute atomic E-state index is 0.388. The number of hydrogen-bond acceptors (Lipinski definition) is 4. The predicted molar refractivity (Wildman–Crippen MR) is 96.4 cm³/mol. The maximum Gasteiger partial charge on any atom is 0.175 e. The standard InChI is InChI=1S/C18H27BrN2O2/c1-11(2)16-13(15-7-12(9-20)10-21(15)3)8-14(19)17-18(16)23-6-4-5-22-17/h8,11-12,15H,4-7,9-10,20H2,1-3H3. The quantitative estimate of drug-likeness (QED) is 0.865. The largest absolute Gasteiger partial charge is 0.489 e. The maximum atomic E-state index is 6.11. The van der Waals surface area contributed by atoms with Crippen molar-refractivity contribution in [3.63, 3.8) is 0 Å². The number of nitrogens with two attached hydrogens (primary N) is 1. The molecular formula is C18H27BrN2O2. The van der Waals surface area contributed by atoms with Gasteiger partial charge in [-0.05, 0) is 59.4 Å². The Labute approximate surface area is 147 Å². The van der Waals surface area contributed by atoms with E-state index in [1.807, 2.05) is 0 Å². The second-order valence-corrected chi connectivity index (χ2v) is 7.87. The molecule has 2 aliphatic heterocycles. The molecule has 0 radical (unpaired) electrons. The maximum absolute atomic E-state index is 6.11. The van der Waals surface area contributed by atoms with Crippen LogP contribution in [0.3, 0.4) is 0 Å². The molecule has 3 rings (SSSR count). The van der Waals surface area contributed by atoms with E-state index in [4.69, 9.17) is 15.2 Å². The lowest BCUT2D eigenvalue weighted by Gasteiger charge is -2.27. The van der Waals surface area contributed by atoms with E-state index in [-0.39, 0.29) is 0 Å². The summed E-state index contributed by atoms with van der Waals surface area (Å²) in [6.07, 6.45) is 2.03. The van der Waals surface area contributed by atoms with E-state index in [2.05, 4.69) is 47.8 Å². The highest BCUT2D eigenvalue weighted by Gasteiger charge is 2.34. The molecule has 0 saturated carbocycles. The van der Waals surface area contributed by atoms with E-state index in [1.54, 1.807) is 0 Å². The molecule has 2 atom stereocenters. The third-order valence-corrected chi connectivity index (χ3v) is 5.54. The van der Waals surface area contributed by atoms with E-state index in [1.165, 1.54) is 11.1 Å². The first-order valence-corrected chi connectivity index (χ1v) is 9.34. The summed E-state index contributed by atoms with van der Waals surface area (Å²) in [7, 11) is 2.20. The summed E-state index contributed by atoms with van der Waals surface area (Å²) < 4.78 is 13.1. The van der Waals surface area contributed by atoms with Gasteiger partial charge in [-0.3, -0.25) is 4.90 Å². The van der Waals surface area contributed by atoms with Crippen LogP contribution in [0.1, 0.15) is 49.8 Å². The predicted octanol–water partition coefficient (Wildman–Crippen LogP) is 3.69. The lowest BCUT2D eigenvalue weighted by molar-refractivity contribution is 0.294. The van der Waals surface area contributed by atoms with Crippen molar-refractivity contribution < 1.29 is 9.47 Å². The minimum atomic E-state index is 0.388. The summed E-state index contributed by atoms with van der Waals surface area (Å²) in [5.74, 6) is 2.76. The highest BCUT2D eigenvalue weighted by atomic mass is 79.9. The van der Waals surface area contributed by atoms with E-state index in [0.717, 1.165) is 41.9 Å². The number of nitrogens with zero attached hydrogens (tertiary/aromatic N) is 1. The van der Waals surface area contributed by atoms with Crippen LogP contribution in [0.15, 0.2) is 10.5 Å². The van der Waals surface area contributed by atoms with Gasteiger partial charge in [-0.1, -0.05) is 13.8 Å². The van der Waals surface area contributed by atoms with Crippen molar-refractivity contribution in [3.8, 4) is 11.5 Å². The topological polar surface area (TPSA) is 47.7 Å². The average molecular weight is 383 g/mol. The van der Waals surface area contributed by atoms with Crippen molar-refractivity contribution in [1.29, 1.82) is 0 Å². The first-order valence-electron chi connectivity index (χ1n) is 8.55. The fraction of sp³-hybridized carbons (Fsp3) is 0.667. The van der Waals surface area contributed by atoms with Crippen LogP contribution in [-0.2, 0) is 0 Å². The first-order chi connectivity index (χ1) is 11.0. The number of halogens is 1. The van der Waals surface area contributed by atoms with E-state index >= 15 is 0 Å². The molecule has 0 aliphatic carbocycles. The van der Waals surface area contributed by atoms with Crippen LogP contribution in [0.4, 0.5) is 0 Å². The normalized spacial score (nSPS) is 25.0. The van der Waals surface area contributed by atoms with Crippen molar-refractivity contribution in [2.24, 2.45) is 11.7 Å². The second-order valence-electron chi connectivity index (χ2n) is 7.02. The van der Waals surface area contributed by atoms with Crippen molar-refractivity contribution >= 4 is 15.9 Å². The van der Waals surface area contributed by atoms with Gasteiger partial charge in [0.1, 0.15) is 0 Å². The smallest absolute Gasteiger partial charge is 0.175 e. The highest BCUT2D eigenvalue weighted by Crippen LogP contribution is 2.48. The molecule has 2 N–H and O–H groups in total. The van der Waals surface area contributed by atoms with Gasteiger partial charge in [-0.15, -0.1) is 0 Å². The van der Waals surface area contributed by atoms with Crippen LogP contribution in [0.5, 0.6) is 11.5 Å². The fourth-order valence-corrected chi connectivity index (χ4v) is 4.38. The summed E-state index contributed by atoms with van der Waals surface area (Å²) in [6, 6.07) is 2.64. The van der Waals surface area contributed by atoms with Crippen LogP contribution in [-0.4, -0.2) is 38.3 Å². The number of ether oxygens (including phenoxy) is 2. The van der Waals surface area contributed by atoms with Gasteiger partial charge in [0.2, 0.25) is 0 Å². The Hall–Kier alpha value is -0.780. The van der Waals surface area contributed by atoms with Gasteiger partial charge < -0.3 is 15.2 Å². The lowest BCUT2D eigenvalue weighted by atomic mass is 9.89. The molecule has 0 aromatic heterocycles. The molecule has 1 fully saturated rings. The monoisotopic (exact) mass is 382 g/mol. The van der Waals surface area contributed by atoms with Crippen LogP contribution in [0.25, 0.3) is 0 Å². The lowest BCUT2D eigenvalue weighted by Crippen LogP contribution is -2.21. The molecule has 0 spiro atoms. The molecule has 1 saturated heterocycles. The van der Waals surface area contributed by atoms with Crippen molar-refractivity contribution in [2.45, 2.75) is 38.6 Å². The summed E-state index contributed by atoms with van der Waals surface area (Å²) in [6.45, 7) is 7.71. The number of rotatable bonds is 3. The Morgan fingerprint density at radius 3 is 2.61 bits per heavy atom. The zero-order chi connectivity index (χ0) is 16.6. The molecule has 2 aliphatic rings. The molecule has 0 bridgehead atoms. The average Bonchev–Trinajstić information content (AvgIpc) is 2.72. The van der Waals surface area contributed by atoms with Gasteiger partial charge in [-0.25, -0.2) is 0 Å². The fourth-order valence-electron chi connectivity index (χ4n) is 3.84. The van der Waals surface area contributed by atoms with Gasteiger partial charge in [-0.2, -0.15) is 0 Å². The Balaban J connectivity index is 2.10. The van der Waals surface area contributed by atoms with Gasteiger partial charge in [0.15, 0.2) is 11.5 Å². The van der Waals surface area contributed by atoms with Gasteiger partial charge in [0, 0.05) is 24.6 Å². The molecule has 2 unspecified atom stereocenters. The van der Waals surface area contributed by atoms with Crippen molar-refractivity contribution in [2.75, 3.05) is 33.4 Å². The number of likely N-dealkylation sites (tertiary alicyclic amines) is 1. The molecule has 1 aromatic carbocycles. The van der Waals surface area contributed by atoms with E-state index < -0.39 is 0 Å². The SMILES string of the molecule is CC(C)c1c(C2CC(CN)CN2C)cc(Br)c2c1OCCCO2. The first kappa shape index (κ1) is 17.1. The molecule has 1 aromatic rings. The number of fused-ring (bicyclic) bond motifs is 1. The Bertz CT molecular complexity index is 577. The Morgan fingerprint density at radius 1 is 1.30 bits per heavy atom. The third kappa shape index (κ3) is 3.24. The van der Waals surface area contributed by atoms with Gasteiger partial charge in [0.25, 0.3) is 0 Å². The molecule has 5 heteroatoms.